The highest BCUT2D eigenvalue weighted by molar-refractivity contribution is 5.40. The molecule has 0 aliphatic heterocycles. The van der Waals surface area contributed by atoms with Crippen molar-refractivity contribution in [1.29, 1.82) is 0 Å². The molecule has 0 aromatic carbocycles. The summed E-state index contributed by atoms with van der Waals surface area (Å²) in [5.74, 6) is 1.14. The molecule has 0 aliphatic carbocycles. The lowest BCUT2D eigenvalue weighted by Gasteiger charge is -2.36. The molecular weight excluding hydrogens is 162 g/mol. The summed E-state index contributed by atoms with van der Waals surface area (Å²) in [6.07, 6.45) is 2.92. The summed E-state index contributed by atoms with van der Waals surface area (Å²) in [7, 11) is 2.08. The minimum absolute atomic E-state index is 0.111. The average molecular weight is 181 g/mol. The summed E-state index contributed by atoms with van der Waals surface area (Å²) in [4.78, 5) is 5.41. The second-order valence-corrected chi connectivity index (χ2v) is 3.97. The van der Waals surface area contributed by atoms with E-state index in [1.54, 1.807) is 0 Å². The molecule has 74 valence electrons. The Morgan fingerprint density at radius 1 is 1.54 bits per heavy atom. The predicted molar refractivity (Wildman–Crippen MR) is 56.9 cm³/mol. The van der Waals surface area contributed by atoms with Crippen LogP contribution in [0.2, 0.25) is 0 Å². The van der Waals surface area contributed by atoms with E-state index in [0.29, 0.717) is 0 Å². The van der Waals surface area contributed by atoms with Crippen LogP contribution in [0.5, 0.6) is 0 Å². The molecule has 0 saturated carbocycles. The second kappa shape index (κ2) is 3.83. The van der Waals surface area contributed by atoms with E-state index >= 15 is 0 Å². The Bertz CT molecular complexity index is 239. The molecule has 3 nitrogen and oxygen atoms in total. The third-order valence-corrected chi connectivity index (χ3v) is 2.61. The zero-order valence-corrected chi connectivity index (χ0v) is 8.67. The van der Waals surface area contributed by atoms with Crippen LogP contribution < -0.4 is 10.6 Å². The molecule has 0 aliphatic rings. The molecule has 0 atom stereocenters. The molecule has 0 bridgehead atoms. The van der Waals surface area contributed by atoms with Crippen LogP contribution in [0.3, 0.4) is 0 Å². The Balaban J connectivity index is 2.71. The van der Waals surface area contributed by atoms with Crippen molar-refractivity contribution in [2.75, 3.05) is 18.5 Å². The van der Waals surface area contributed by atoms with E-state index in [0.717, 1.165) is 18.8 Å². The first-order chi connectivity index (χ1) is 6.08. The molecule has 0 saturated heterocycles. The van der Waals surface area contributed by atoms with E-state index in [1.165, 1.54) is 0 Å². The quantitative estimate of drug-likeness (QED) is 0.740. The molecule has 1 aromatic rings. The molecule has 0 amide bonds. The van der Waals surface area contributed by atoms with Gasteiger partial charge in [0.1, 0.15) is 5.82 Å². The molecule has 1 rings (SSSR count). The lowest BCUT2D eigenvalue weighted by Crippen LogP contribution is -2.42. The fourth-order valence-corrected chi connectivity index (χ4v) is 1.38. The topological polar surface area (TPSA) is 45.0 Å². The van der Waals surface area contributed by atoms with Crippen LogP contribution in [0.4, 0.5) is 5.82 Å². The largest absolute Gasteiger partial charge is 0.356 e. The van der Waals surface area contributed by atoms with Crippen LogP contribution in [0, 0.1) is 0 Å². The third kappa shape index (κ3) is 2.25. The zero-order chi connectivity index (χ0) is 9.90. The predicted octanol–water partition coefficient (Wildman–Crippen LogP) is 1.58. The first-order valence-corrected chi connectivity index (χ1v) is 4.65. The highest BCUT2D eigenvalue weighted by Crippen LogP contribution is 2.22. The molecular formula is C10H19N3. The summed E-state index contributed by atoms with van der Waals surface area (Å²) in [6.45, 7) is 5.11. The van der Waals surface area contributed by atoms with Crippen molar-refractivity contribution in [1.82, 2.24) is 4.98 Å². The molecule has 13 heavy (non-hydrogen) atoms. The molecule has 3 N–H and O–H groups in total. The first-order valence-electron chi connectivity index (χ1n) is 4.65. The number of nitrogens with one attached hydrogen (secondary N) is 1. The molecule has 1 aromatic heterocycles. The minimum Gasteiger partial charge on any atom is -0.356 e. The normalized spacial score (nSPS) is 11.7. The number of hydrogen-bond donors (Lipinski definition) is 2. The molecule has 0 radical (unpaired) electrons. The van der Waals surface area contributed by atoms with Crippen LogP contribution in [0.1, 0.15) is 20.3 Å². The Kier molecular flexibility index (Phi) is 2.98. The van der Waals surface area contributed by atoms with Crippen molar-refractivity contribution < 1.29 is 0 Å². The monoisotopic (exact) mass is 181 g/mol. The Morgan fingerprint density at radius 2 is 2.23 bits per heavy atom. The maximum atomic E-state index is 5.57. The summed E-state index contributed by atoms with van der Waals surface area (Å²) < 4.78 is 0. The molecule has 0 fully saturated rings. The molecule has 3 heteroatoms. The zero-order valence-electron chi connectivity index (χ0n) is 8.67. The summed E-state index contributed by atoms with van der Waals surface area (Å²) in [5, 5.41) is 0. The van der Waals surface area contributed by atoms with Crippen LogP contribution >= 0.6 is 0 Å². The van der Waals surface area contributed by atoms with Crippen molar-refractivity contribution in [2.24, 2.45) is 5.73 Å². The fourth-order valence-electron chi connectivity index (χ4n) is 1.38. The summed E-state index contributed by atoms with van der Waals surface area (Å²) >= 11 is 0. The van der Waals surface area contributed by atoms with Gasteiger partial charge in [-0.3, -0.25) is 0 Å². The van der Waals surface area contributed by atoms with Crippen molar-refractivity contribution >= 4 is 5.82 Å². The minimum atomic E-state index is 0.111. The number of aromatic amines is 1. The highest BCUT2D eigenvalue weighted by Gasteiger charge is 2.22. The smallest absolute Gasteiger partial charge is 0.105 e. The Labute approximate surface area is 79.9 Å². The first kappa shape index (κ1) is 10.1. The van der Waals surface area contributed by atoms with Gasteiger partial charge in [0, 0.05) is 18.8 Å². The van der Waals surface area contributed by atoms with Crippen molar-refractivity contribution in [3.8, 4) is 0 Å². The number of anilines is 1. The van der Waals surface area contributed by atoms with Gasteiger partial charge in [0.2, 0.25) is 0 Å². The number of nitrogens with zero attached hydrogens (tertiary/aromatic N) is 1. The highest BCUT2D eigenvalue weighted by atomic mass is 15.2. The van der Waals surface area contributed by atoms with E-state index < -0.39 is 0 Å². The van der Waals surface area contributed by atoms with Gasteiger partial charge >= 0.3 is 0 Å². The number of rotatable bonds is 4. The van der Waals surface area contributed by atoms with Gasteiger partial charge in [-0.1, -0.05) is 0 Å². The maximum absolute atomic E-state index is 5.57. The molecule has 0 unspecified atom stereocenters. The van der Waals surface area contributed by atoms with Crippen LogP contribution in [-0.2, 0) is 0 Å². The lowest BCUT2D eigenvalue weighted by molar-refractivity contribution is 0.453. The van der Waals surface area contributed by atoms with Crippen molar-refractivity contribution in [3.63, 3.8) is 0 Å². The standard InChI is InChI=1S/C10H19N3/c1-10(2,6-7-11)13(3)9-5-4-8-12-9/h4-5,8,12H,6-7,11H2,1-3H3. The second-order valence-electron chi connectivity index (χ2n) is 3.97. The van der Waals surface area contributed by atoms with Gasteiger partial charge in [0.15, 0.2) is 0 Å². The SMILES string of the molecule is CN(c1ccc[nH]1)C(C)(C)CCN. The van der Waals surface area contributed by atoms with Crippen LogP contribution in [0.25, 0.3) is 0 Å². The van der Waals surface area contributed by atoms with E-state index in [-0.39, 0.29) is 5.54 Å². The fraction of sp³-hybridized carbons (Fsp3) is 0.600. The van der Waals surface area contributed by atoms with E-state index in [9.17, 15) is 0 Å². The third-order valence-electron chi connectivity index (χ3n) is 2.61. The van der Waals surface area contributed by atoms with Gasteiger partial charge in [-0.15, -0.1) is 0 Å². The van der Waals surface area contributed by atoms with Gasteiger partial charge in [-0.05, 0) is 38.9 Å². The van der Waals surface area contributed by atoms with Gasteiger partial charge in [0.05, 0.1) is 0 Å². The number of hydrogen-bond acceptors (Lipinski definition) is 2. The number of H-pyrrole nitrogens is 1. The Morgan fingerprint density at radius 3 is 2.69 bits per heavy atom. The van der Waals surface area contributed by atoms with Crippen molar-refractivity contribution in [2.45, 2.75) is 25.8 Å². The van der Waals surface area contributed by atoms with Crippen molar-refractivity contribution in [3.05, 3.63) is 18.3 Å². The van der Waals surface area contributed by atoms with E-state index in [2.05, 4.69) is 36.8 Å². The van der Waals surface area contributed by atoms with E-state index in [4.69, 9.17) is 5.73 Å². The van der Waals surface area contributed by atoms with Crippen LogP contribution in [0.15, 0.2) is 18.3 Å². The Hall–Kier alpha value is -0.960. The molecule has 0 spiro atoms. The van der Waals surface area contributed by atoms with Crippen LogP contribution in [-0.4, -0.2) is 24.1 Å². The van der Waals surface area contributed by atoms with Gasteiger partial charge in [-0.25, -0.2) is 0 Å². The van der Waals surface area contributed by atoms with Gasteiger partial charge in [-0.2, -0.15) is 0 Å². The number of aromatic nitrogens is 1. The van der Waals surface area contributed by atoms with Gasteiger partial charge < -0.3 is 15.6 Å². The lowest BCUT2D eigenvalue weighted by atomic mass is 9.99. The number of nitrogens with two attached hydrogens (primary N) is 1. The average Bonchev–Trinajstić information content (AvgIpc) is 2.54. The summed E-state index contributed by atoms with van der Waals surface area (Å²) in [5.41, 5.74) is 5.68. The summed E-state index contributed by atoms with van der Waals surface area (Å²) in [6, 6.07) is 4.07. The molecule has 1 heterocycles. The maximum Gasteiger partial charge on any atom is 0.105 e. The van der Waals surface area contributed by atoms with E-state index in [1.807, 2.05) is 12.3 Å². The van der Waals surface area contributed by atoms with Gasteiger partial charge in [0.25, 0.3) is 0 Å².